The van der Waals surface area contributed by atoms with E-state index in [-0.39, 0.29) is 38.3 Å². The summed E-state index contributed by atoms with van der Waals surface area (Å²) in [4.78, 5) is 0. The fourth-order valence-electron chi connectivity index (χ4n) is 1.29. The van der Waals surface area contributed by atoms with Gasteiger partial charge in [0.2, 0.25) is 0 Å². The number of ether oxygens (including phenoxy) is 1. The number of hydrogen-bond acceptors (Lipinski definition) is 3. The maximum absolute atomic E-state index is 5.52. The van der Waals surface area contributed by atoms with Crippen LogP contribution < -0.4 is 10.6 Å². The van der Waals surface area contributed by atoms with Crippen LogP contribution in [0.1, 0.15) is 61.3 Å². The molecule has 0 saturated carbocycles. The number of nitrogens with one attached hydrogen (secondary N) is 2. The molecule has 0 aliphatic heterocycles. The third-order valence-electron chi connectivity index (χ3n) is 2.45. The molecule has 0 rings (SSSR count). The van der Waals surface area contributed by atoms with E-state index in [9.17, 15) is 0 Å². The Balaban J connectivity index is -0.000000295. The van der Waals surface area contributed by atoms with Crippen molar-refractivity contribution < 1.29 is 37.4 Å². The second-order valence-electron chi connectivity index (χ2n) is 6.16. The van der Waals surface area contributed by atoms with Crippen molar-refractivity contribution in [2.45, 2.75) is 66.9 Å². The molecule has 21 heavy (non-hydrogen) atoms. The number of rotatable bonds is 10. The standard InChI is InChI=1S/C9H19O.C8H19N2.Y/c1-8(2)6-7-10-9(3,4)5;1-3-9-7-5-6-8-10-4-2;/h6-7H2,1-5H3;5,9-10H,3-4,6-8H2,1-2H3;/q2*-1;. The molecule has 4 heteroatoms. The zero-order valence-electron chi connectivity index (χ0n) is 15.5. The van der Waals surface area contributed by atoms with Gasteiger partial charge in [0.1, 0.15) is 0 Å². The molecule has 0 saturated heterocycles. The Morgan fingerprint density at radius 2 is 1.62 bits per heavy atom. The van der Waals surface area contributed by atoms with Gasteiger partial charge in [-0.15, -0.1) is 6.54 Å². The van der Waals surface area contributed by atoms with Crippen molar-refractivity contribution in [2.75, 3.05) is 32.8 Å². The van der Waals surface area contributed by atoms with Crippen LogP contribution >= 0.6 is 0 Å². The third-order valence-corrected chi connectivity index (χ3v) is 2.45. The smallest absolute Gasteiger partial charge is 0.0597 e. The summed E-state index contributed by atoms with van der Waals surface area (Å²) in [5.74, 6) is 1.43. The van der Waals surface area contributed by atoms with Crippen LogP contribution in [0.3, 0.4) is 0 Å². The zero-order valence-corrected chi connectivity index (χ0v) is 18.4. The van der Waals surface area contributed by atoms with Crippen LogP contribution in [0, 0.1) is 12.3 Å². The molecule has 0 spiro atoms. The van der Waals surface area contributed by atoms with Crippen LogP contribution in [0.4, 0.5) is 0 Å². The maximum Gasteiger partial charge on any atom is 0.0597 e. The number of hydrogen-bond donors (Lipinski definition) is 2. The Morgan fingerprint density at radius 3 is 2.05 bits per heavy atom. The molecule has 0 bridgehead atoms. The van der Waals surface area contributed by atoms with Crippen molar-refractivity contribution in [3.63, 3.8) is 0 Å². The monoisotopic (exact) mass is 375 g/mol. The molecule has 0 aliphatic rings. The van der Waals surface area contributed by atoms with Crippen LogP contribution in [-0.4, -0.2) is 38.4 Å². The minimum absolute atomic E-state index is 0. The van der Waals surface area contributed by atoms with Gasteiger partial charge in [-0.2, -0.15) is 26.7 Å². The Kier molecular flexibility index (Phi) is 24.3. The Labute approximate surface area is 159 Å². The van der Waals surface area contributed by atoms with Crippen molar-refractivity contribution in [3.8, 4) is 0 Å². The van der Waals surface area contributed by atoms with Crippen molar-refractivity contribution in [3.05, 3.63) is 12.3 Å². The first-order valence-corrected chi connectivity index (χ1v) is 7.99. The molecular weight excluding hydrogens is 337 g/mol. The Hall–Kier alpha value is 0.984. The van der Waals surface area contributed by atoms with Gasteiger partial charge in [-0.3, -0.25) is 0 Å². The first-order valence-electron chi connectivity index (χ1n) is 7.99. The molecule has 2 N–H and O–H groups in total. The van der Waals surface area contributed by atoms with E-state index in [0.717, 1.165) is 39.2 Å². The van der Waals surface area contributed by atoms with Gasteiger partial charge >= 0.3 is 0 Å². The van der Waals surface area contributed by atoms with Crippen molar-refractivity contribution >= 4 is 0 Å². The molecule has 0 unspecified atom stereocenters. The Bertz CT molecular complexity index is 174. The SMILES string of the molecule is CCNC[CH-]CCNCC.C[C-](C)CCOC(C)(C)C.[Y]. The predicted octanol–water partition coefficient (Wildman–Crippen LogP) is 3.60. The molecule has 0 aliphatic carbocycles. The second kappa shape index (κ2) is 19.0. The molecule has 3 nitrogen and oxygen atoms in total. The molecule has 0 heterocycles. The molecule has 1 radical (unpaired) electrons. The average molecular weight is 375 g/mol. The normalized spacial score (nSPS) is 10.9. The topological polar surface area (TPSA) is 33.3 Å². The Morgan fingerprint density at radius 1 is 1.05 bits per heavy atom. The van der Waals surface area contributed by atoms with Crippen molar-refractivity contribution in [1.82, 2.24) is 10.6 Å². The fraction of sp³-hybridized carbons (Fsp3) is 0.882. The summed E-state index contributed by atoms with van der Waals surface area (Å²) in [6.45, 7) is 19.9. The summed E-state index contributed by atoms with van der Waals surface area (Å²) in [5, 5.41) is 6.51. The molecule has 0 aromatic rings. The first-order chi connectivity index (χ1) is 9.33. The van der Waals surface area contributed by atoms with Gasteiger partial charge in [0.05, 0.1) is 5.60 Å². The van der Waals surface area contributed by atoms with Crippen LogP contribution in [0.2, 0.25) is 0 Å². The van der Waals surface area contributed by atoms with E-state index >= 15 is 0 Å². The van der Waals surface area contributed by atoms with Gasteiger partial charge in [0.25, 0.3) is 0 Å². The van der Waals surface area contributed by atoms with Gasteiger partial charge in [-0.25, -0.2) is 0 Å². The predicted molar refractivity (Wildman–Crippen MR) is 90.9 cm³/mol. The zero-order chi connectivity index (χ0) is 15.9. The van der Waals surface area contributed by atoms with Crippen LogP contribution in [0.5, 0.6) is 0 Å². The minimum atomic E-state index is 0. The van der Waals surface area contributed by atoms with Gasteiger partial charge in [0, 0.05) is 39.3 Å². The van der Waals surface area contributed by atoms with Crippen LogP contribution in [0.25, 0.3) is 0 Å². The molecule has 0 aromatic heterocycles. The molecule has 0 fully saturated rings. The molecule has 0 aromatic carbocycles. The first kappa shape index (κ1) is 26.9. The maximum atomic E-state index is 5.52. The van der Waals surface area contributed by atoms with E-state index in [2.05, 4.69) is 65.5 Å². The largest absolute Gasteiger partial charge is 0.379 e. The van der Waals surface area contributed by atoms with Gasteiger partial charge < -0.3 is 27.7 Å². The average Bonchev–Trinajstić information content (AvgIpc) is 2.32. The van der Waals surface area contributed by atoms with E-state index < -0.39 is 0 Å². The number of unbranched alkanes of at least 4 members (excludes halogenated alkanes) is 1. The van der Waals surface area contributed by atoms with E-state index in [1.807, 2.05) is 0 Å². The van der Waals surface area contributed by atoms with Gasteiger partial charge in [-0.1, -0.05) is 13.8 Å². The molecule has 127 valence electrons. The molecular formula is C17H38N2OY-2. The summed E-state index contributed by atoms with van der Waals surface area (Å²) in [6, 6.07) is 0. The fourth-order valence-corrected chi connectivity index (χ4v) is 1.29. The second-order valence-corrected chi connectivity index (χ2v) is 6.16. The van der Waals surface area contributed by atoms with Crippen molar-refractivity contribution in [1.29, 1.82) is 0 Å². The summed E-state index contributed by atoms with van der Waals surface area (Å²) in [5.41, 5.74) is 0.0233. The summed E-state index contributed by atoms with van der Waals surface area (Å²) < 4.78 is 5.52. The van der Waals surface area contributed by atoms with Crippen LogP contribution in [0.15, 0.2) is 0 Å². The molecule has 0 amide bonds. The summed E-state index contributed by atoms with van der Waals surface area (Å²) in [7, 11) is 0. The van der Waals surface area contributed by atoms with Gasteiger partial charge in [0.15, 0.2) is 0 Å². The quantitative estimate of drug-likeness (QED) is 0.452. The molecule has 0 atom stereocenters. The third kappa shape index (κ3) is 33.7. The van der Waals surface area contributed by atoms with E-state index in [4.69, 9.17) is 4.74 Å². The van der Waals surface area contributed by atoms with Crippen LogP contribution in [-0.2, 0) is 37.4 Å². The van der Waals surface area contributed by atoms with E-state index in [1.165, 1.54) is 12.3 Å². The van der Waals surface area contributed by atoms with Gasteiger partial charge in [-0.05, 0) is 40.4 Å². The summed E-state index contributed by atoms with van der Waals surface area (Å²) >= 11 is 0. The van der Waals surface area contributed by atoms with Crippen molar-refractivity contribution in [2.24, 2.45) is 0 Å². The minimum Gasteiger partial charge on any atom is -0.379 e. The summed E-state index contributed by atoms with van der Waals surface area (Å²) in [6.07, 6.45) is 4.52. The van der Waals surface area contributed by atoms with E-state index in [0.29, 0.717) is 0 Å². The van der Waals surface area contributed by atoms with E-state index in [1.54, 1.807) is 0 Å².